The molecule has 1 saturated heterocycles. The maximum Gasteiger partial charge on any atom is 0.300 e. The fourth-order valence-electron chi connectivity index (χ4n) is 3.74. The van der Waals surface area contributed by atoms with Crippen LogP contribution in [0.5, 0.6) is 5.75 Å². The Bertz CT molecular complexity index is 1340. The van der Waals surface area contributed by atoms with Gasteiger partial charge in [0.15, 0.2) is 11.6 Å². The molecule has 0 aliphatic carbocycles. The fourth-order valence-corrected chi connectivity index (χ4v) is 5.33. The highest BCUT2D eigenvalue weighted by Gasteiger charge is 2.48. The van der Waals surface area contributed by atoms with Gasteiger partial charge in [0.05, 0.1) is 23.3 Å². The number of rotatable bonds is 4. The van der Waals surface area contributed by atoms with E-state index in [1.807, 2.05) is 0 Å². The molecule has 5 nitrogen and oxygen atoms in total. The van der Waals surface area contributed by atoms with Crippen molar-refractivity contribution in [2.45, 2.75) is 13.0 Å². The number of anilines is 1. The zero-order valence-electron chi connectivity index (χ0n) is 17.2. The highest BCUT2D eigenvalue weighted by Crippen LogP contribution is 2.46. The van der Waals surface area contributed by atoms with Crippen LogP contribution in [0.3, 0.4) is 0 Å². The number of Topliss-reactive ketones (excluding diaryl/α,β-unsaturated/α-hetero) is 1. The van der Waals surface area contributed by atoms with Crippen LogP contribution in [0.2, 0.25) is 10.0 Å². The quantitative estimate of drug-likeness (QED) is 0.255. The van der Waals surface area contributed by atoms with Crippen molar-refractivity contribution in [1.29, 1.82) is 0 Å². The lowest BCUT2D eigenvalue weighted by Crippen LogP contribution is -2.29. The Morgan fingerprint density at radius 3 is 2.45 bits per heavy atom. The second-order valence-electron chi connectivity index (χ2n) is 7.20. The van der Waals surface area contributed by atoms with E-state index in [-0.39, 0.29) is 32.6 Å². The number of ketones is 1. The van der Waals surface area contributed by atoms with E-state index in [1.165, 1.54) is 36.6 Å². The van der Waals surface area contributed by atoms with Gasteiger partial charge in [-0.1, -0.05) is 23.2 Å². The molecule has 2 aromatic carbocycles. The number of amides is 1. The minimum Gasteiger partial charge on any atom is -0.507 e. The van der Waals surface area contributed by atoms with Crippen molar-refractivity contribution in [2.24, 2.45) is 0 Å². The average Bonchev–Trinajstić information content (AvgIpc) is 3.29. The number of halogens is 4. The molecule has 1 N–H and O–H groups in total. The molecule has 1 unspecified atom stereocenters. The molecular formula is C23H15Cl2F2NO4S. The van der Waals surface area contributed by atoms with Gasteiger partial charge in [0.25, 0.3) is 11.7 Å². The van der Waals surface area contributed by atoms with Gasteiger partial charge < -0.3 is 9.84 Å². The molecule has 4 rings (SSSR count). The summed E-state index contributed by atoms with van der Waals surface area (Å²) in [5.41, 5.74) is 0.454. The lowest BCUT2D eigenvalue weighted by molar-refractivity contribution is -0.132. The van der Waals surface area contributed by atoms with E-state index in [1.54, 1.807) is 18.4 Å². The zero-order valence-corrected chi connectivity index (χ0v) is 19.5. The van der Waals surface area contributed by atoms with Crippen molar-refractivity contribution >= 4 is 57.7 Å². The van der Waals surface area contributed by atoms with Crippen LogP contribution >= 0.6 is 34.5 Å². The topological polar surface area (TPSA) is 66.8 Å². The van der Waals surface area contributed by atoms with E-state index < -0.39 is 35.1 Å². The summed E-state index contributed by atoms with van der Waals surface area (Å²) in [6.45, 7) is 1.77. The highest BCUT2D eigenvalue weighted by molar-refractivity contribution is 7.10. The Morgan fingerprint density at radius 2 is 1.85 bits per heavy atom. The number of hydrogen-bond donors (Lipinski definition) is 1. The third-order valence-electron chi connectivity index (χ3n) is 5.24. The third kappa shape index (κ3) is 3.88. The minimum absolute atomic E-state index is 0.0116. The molecule has 0 radical (unpaired) electrons. The second-order valence-corrected chi connectivity index (χ2v) is 9.00. The van der Waals surface area contributed by atoms with E-state index >= 15 is 0 Å². The standard InChI is InChI=1S/C23H15Cl2F2NO4S/c1-10-5-6-33-22(10)18-17(19(29)13-7-11(24)8-14(25)21(13)32-2)20(30)23(31)28(18)12-3-4-15(26)16(27)9-12/h3-9,18,29H,1-2H3/b19-17+. The number of ether oxygens (including phenoxy) is 1. The van der Waals surface area contributed by atoms with E-state index in [2.05, 4.69) is 0 Å². The molecule has 1 aliphatic heterocycles. The number of methoxy groups -OCH3 is 1. The van der Waals surface area contributed by atoms with Crippen molar-refractivity contribution in [3.63, 3.8) is 0 Å². The number of thiophene rings is 1. The maximum atomic E-state index is 14.0. The normalized spacial score (nSPS) is 17.6. The van der Waals surface area contributed by atoms with Gasteiger partial charge in [-0.25, -0.2) is 8.78 Å². The van der Waals surface area contributed by atoms with Crippen LogP contribution in [0.15, 0.2) is 47.4 Å². The monoisotopic (exact) mass is 509 g/mol. The van der Waals surface area contributed by atoms with Crippen LogP contribution in [0.1, 0.15) is 22.0 Å². The van der Waals surface area contributed by atoms with Gasteiger partial charge in [-0.05, 0) is 48.2 Å². The van der Waals surface area contributed by atoms with E-state index in [0.717, 1.165) is 22.6 Å². The number of hydrogen-bond acceptors (Lipinski definition) is 5. The average molecular weight is 510 g/mol. The first-order valence-corrected chi connectivity index (χ1v) is 11.1. The van der Waals surface area contributed by atoms with Crippen LogP contribution in [0, 0.1) is 18.6 Å². The first-order chi connectivity index (χ1) is 15.6. The van der Waals surface area contributed by atoms with Gasteiger partial charge in [0, 0.05) is 21.7 Å². The number of carbonyl (C=O) groups is 2. The number of carbonyl (C=O) groups excluding carboxylic acids is 2. The van der Waals surface area contributed by atoms with Crippen LogP contribution in [-0.4, -0.2) is 23.9 Å². The molecule has 1 aromatic heterocycles. The van der Waals surface area contributed by atoms with E-state index in [0.29, 0.717) is 4.88 Å². The summed E-state index contributed by atoms with van der Waals surface area (Å²) in [6, 6.07) is 6.32. The minimum atomic E-state index is -1.18. The van der Waals surface area contributed by atoms with Crippen LogP contribution in [-0.2, 0) is 9.59 Å². The second kappa shape index (κ2) is 8.78. The zero-order chi connectivity index (χ0) is 24.0. The molecule has 3 aromatic rings. The van der Waals surface area contributed by atoms with Crippen molar-refractivity contribution in [3.05, 3.63) is 85.0 Å². The van der Waals surface area contributed by atoms with E-state index in [9.17, 15) is 23.5 Å². The molecule has 0 bridgehead atoms. The number of aliphatic hydroxyl groups is 1. The first-order valence-electron chi connectivity index (χ1n) is 9.49. The smallest absolute Gasteiger partial charge is 0.300 e. The molecule has 0 saturated carbocycles. The molecule has 2 heterocycles. The number of aryl methyl sites for hydroxylation is 1. The molecule has 33 heavy (non-hydrogen) atoms. The van der Waals surface area contributed by atoms with Gasteiger partial charge in [0.1, 0.15) is 17.6 Å². The van der Waals surface area contributed by atoms with Crippen molar-refractivity contribution < 1.29 is 28.2 Å². The van der Waals surface area contributed by atoms with Gasteiger partial charge >= 0.3 is 0 Å². The predicted molar refractivity (Wildman–Crippen MR) is 123 cm³/mol. The SMILES string of the molecule is COc1c(Cl)cc(Cl)cc1/C(O)=C1\C(=O)C(=O)N(c2ccc(F)c(F)c2)C1c1sccc1C. The molecule has 1 amide bonds. The summed E-state index contributed by atoms with van der Waals surface area (Å²) in [7, 11) is 1.33. The maximum absolute atomic E-state index is 14.0. The summed E-state index contributed by atoms with van der Waals surface area (Å²) in [6.07, 6.45) is 0. The lowest BCUT2D eigenvalue weighted by Gasteiger charge is -2.25. The van der Waals surface area contributed by atoms with Gasteiger partial charge in [0.2, 0.25) is 0 Å². The van der Waals surface area contributed by atoms with E-state index in [4.69, 9.17) is 27.9 Å². The van der Waals surface area contributed by atoms with Crippen LogP contribution in [0.4, 0.5) is 14.5 Å². The summed E-state index contributed by atoms with van der Waals surface area (Å²) in [5, 5.41) is 13.3. The summed E-state index contributed by atoms with van der Waals surface area (Å²) in [4.78, 5) is 27.9. The Morgan fingerprint density at radius 1 is 1.12 bits per heavy atom. The summed E-state index contributed by atoms with van der Waals surface area (Å²) < 4.78 is 32.8. The third-order valence-corrected chi connectivity index (χ3v) is 6.81. The Hall–Kier alpha value is -2.94. The van der Waals surface area contributed by atoms with Crippen molar-refractivity contribution in [3.8, 4) is 5.75 Å². The lowest BCUT2D eigenvalue weighted by atomic mass is 9.97. The number of aliphatic hydroxyl groups excluding tert-OH is 1. The van der Waals surface area contributed by atoms with Gasteiger partial charge in [-0.3, -0.25) is 14.5 Å². The summed E-state index contributed by atoms with van der Waals surface area (Å²) in [5.74, 6) is -4.80. The molecule has 1 aliphatic rings. The van der Waals surface area contributed by atoms with Crippen LogP contribution in [0.25, 0.3) is 5.76 Å². The molecule has 10 heteroatoms. The molecule has 170 valence electrons. The van der Waals surface area contributed by atoms with Crippen LogP contribution < -0.4 is 9.64 Å². The molecule has 1 atom stereocenters. The highest BCUT2D eigenvalue weighted by atomic mass is 35.5. The predicted octanol–water partition coefficient (Wildman–Crippen LogP) is 6.28. The first kappa shape index (κ1) is 23.2. The van der Waals surface area contributed by atoms with Gasteiger partial charge in [-0.2, -0.15) is 0 Å². The molecule has 0 spiro atoms. The fraction of sp³-hybridized carbons (Fsp3) is 0.130. The molecular weight excluding hydrogens is 495 g/mol. The van der Waals surface area contributed by atoms with Crippen molar-refractivity contribution in [1.82, 2.24) is 0 Å². The summed E-state index contributed by atoms with van der Waals surface area (Å²) >= 11 is 13.5. The number of nitrogens with zero attached hydrogens (tertiary/aromatic N) is 1. The Kier molecular flexibility index (Phi) is 6.18. The molecule has 1 fully saturated rings. The van der Waals surface area contributed by atoms with Crippen molar-refractivity contribution in [2.75, 3.05) is 12.0 Å². The van der Waals surface area contributed by atoms with Gasteiger partial charge in [-0.15, -0.1) is 11.3 Å². The Balaban J connectivity index is 2.02. The largest absolute Gasteiger partial charge is 0.507 e. The number of benzene rings is 2. The Labute approximate surface area is 201 Å².